The molecule has 1 heterocycles. The van der Waals surface area contributed by atoms with Gasteiger partial charge in [0.25, 0.3) is 0 Å². The maximum absolute atomic E-state index is 10.6. The average molecular weight is 272 g/mol. The van der Waals surface area contributed by atoms with E-state index in [0.717, 1.165) is 11.3 Å². The fourth-order valence-electron chi connectivity index (χ4n) is 2.61. The lowest BCUT2D eigenvalue weighted by molar-refractivity contribution is 0.0875. The molecular weight excluding hydrogens is 256 g/mol. The normalized spacial score (nSPS) is 20.9. The van der Waals surface area contributed by atoms with E-state index < -0.39 is 6.10 Å². The molecule has 0 aliphatic carbocycles. The summed E-state index contributed by atoms with van der Waals surface area (Å²) in [6.45, 7) is 0.345. The molecule has 1 aliphatic rings. The van der Waals surface area contributed by atoms with Gasteiger partial charge in [-0.05, 0) is 18.2 Å². The number of aliphatic hydroxyl groups is 1. The first-order valence-electron chi connectivity index (χ1n) is 6.47. The summed E-state index contributed by atoms with van der Waals surface area (Å²) in [4.78, 5) is 0. The highest BCUT2D eigenvalue weighted by atomic mass is 16.5. The fourth-order valence-corrected chi connectivity index (χ4v) is 2.61. The second kappa shape index (κ2) is 5.06. The smallest absolute Gasteiger partial charge is 0.128 e. The summed E-state index contributed by atoms with van der Waals surface area (Å²) >= 11 is 0. The lowest BCUT2D eigenvalue weighted by atomic mass is 9.87. The van der Waals surface area contributed by atoms with Crippen LogP contribution in [-0.4, -0.2) is 23.9 Å². The van der Waals surface area contributed by atoms with Gasteiger partial charge in [0.15, 0.2) is 0 Å². The summed E-state index contributed by atoms with van der Waals surface area (Å²) in [5, 5.41) is 20.0. The number of methoxy groups -OCH3 is 1. The maximum Gasteiger partial charge on any atom is 0.128 e. The highest BCUT2D eigenvalue weighted by Gasteiger charge is 2.32. The van der Waals surface area contributed by atoms with E-state index in [4.69, 9.17) is 9.47 Å². The van der Waals surface area contributed by atoms with E-state index >= 15 is 0 Å². The van der Waals surface area contributed by atoms with Gasteiger partial charge in [-0.2, -0.15) is 0 Å². The molecular formula is C16H16O4. The number of hydrogen-bond donors (Lipinski definition) is 2. The number of hydrogen-bond acceptors (Lipinski definition) is 4. The van der Waals surface area contributed by atoms with Crippen molar-refractivity contribution in [2.24, 2.45) is 0 Å². The lowest BCUT2D eigenvalue weighted by Gasteiger charge is -2.31. The van der Waals surface area contributed by atoms with E-state index in [9.17, 15) is 10.2 Å². The molecule has 2 aromatic carbocycles. The Morgan fingerprint density at radius 2 is 1.95 bits per heavy atom. The Labute approximate surface area is 117 Å². The van der Waals surface area contributed by atoms with Crippen LogP contribution in [0.25, 0.3) is 0 Å². The molecule has 0 saturated carbocycles. The van der Waals surface area contributed by atoms with Gasteiger partial charge in [0.1, 0.15) is 17.2 Å². The van der Waals surface area contributed by atoms with Crippen molar-refractivity contribution in [1.82, 2.24) is 0 Å². The third kappa shape index (κ3) is 2.08. The second-order valence-electron chi connectivity index (χ2n) is 4.83. The Bertz CT molecular complexity index is 624. The van der Waals surface area contributed by atoms with Gasteiger partial charge in [0, 0.05) is 17.2 Å². The number of phenolic OH excluding ortho intramolecular Hbond substituents is 1. The van der Waals surface area contributed by atoms with Crippen LogP contribution in [0.5, 0.6) is 17.2 Å². The topological polar surface area (TPSA) is 58.9 Å². The molecule has 4 nitrogen and oxygen atoms in total. The summed E-state index contributed by atoms with van der Waals surface area (Å²) in [7, 11) is 1.61. The van der Waals surface area contributed by atoms with E-state index in [0.29, 0.717) is 17.9 Å². The lowest BCUT2D eigenvalue weighted by Crippen LogP contribution is -2.24. The first kappa shape index (κ1) is 12.8. The molecule has 0 amide bonds. The molecule has 2 atom stereocenters. The van der Waals surface area contributed by atoms with Gasteiger partial charge < -0.3 is 19.7 Å². The largest absolute Gasteiger partial charge is 0.508 e. The zero-order chi connectivity index (χ0) is 14.1. The van der Waals surface area contributed by atoms with Crippen molar-refractivity contribution in [2.45, 2.75) is 12.0 Å². The summed E-state index contributed by atoms with van der Waals surface area (Å²) < 4.78 is 11.0. The van der Waals surface area contributed by atoms with Crippen LogP contribution in [0.4, 0.5) is 0 Å². The fraction of sp³-hybridized carbons (Fsp3) is 0.250. The third-order valence-corrected chi connectivity index (χ3v) is 3.65. The van der Waals surface area contributed by atoms with Crippen molar-refractivity contribution in [3.8, 4) is 17.2 Å². The van der Waals surface area contributed by atoms with Crippen molar-refractivity contribution in [3.63, 3.8) is 0 Å². The van der Waals surface area contributed by atoms with E-state index in [1.807, 2.05) is 24.3 Å². The molecule has 2 unspecified atom stereocenters. The molecule has 104 valence electrons. The minimum Gasteiger partial charge on any atom is -0.508 e. The minimum atomic E-state index is -0.685. The molecule has 0 radical (unpaired) electrons. The van der Waals surface area contributed by atoms with Crippen LogP contribution in [0.2, 0.25) is 0 Å². The predicted octanol–water partition coefficient (Wildman–Crippen LogP) is 2.61. The van der Waals surface area contributed by atoms with Crippen molar-refractivity contribution >= 4 is 0 Å². The molecule has 3 rings (SSSR count). The van der Waals surface area contributed by atoms with Crippen LogP contribution >= 0.6 is 0 Å². The first-order valence-corrected chi connectivity index (χ1v) is 6.47. The molecule has 0 aromatic heterocycles. The minimum absolute atomic E-state index is 0.131. The predicted molar refractivity (Wildman–Crippen MR) is 74.3 cm³/mol. The van der Waals surface area contributed by atoms with E-state index in [1.54, 1.807) is 19.2 Å². The molecule has 2 aromatic rings. The second-order valence-corrected chi connectivity index (χ2v) is 4.83. The molecule has 0 bridgehead atoms. The summed E-state index contributed by atoms with van der Waals surface area (Å²) in [5.74, 6) is 1.21. The van der Waals surface area contributed by atoms with Crippen molar-refractivity contribution in [3.05, 3.63) is 53.6 Å². The number of phenols is 1. The number of ether oxygens (including phenoxy) is 2. The molecule has 0 spiro atoms. The maximum atomic E-state index is 10.6. The van der Waals surface area contributed by atoms with Gasteiger partial charge in [-0.15, -0.1) is 0 Å². The number of benzene rings is 2. The standard InChI is InChI=1S/C16H16O4/c1-19-14-5-3-2-4-11(14)13-9-20-15-8-10(17)6-7-12(15)16(13)18/h2-8,13,16-18H,9H2,1H3. The van der Waals surface area contributed by atoms with Crippen LogP contribution in [0.3, 0.4) is 0 Å². The third-order valence-electron chi connectivity index (χ3n) is 3.65. The summed E-state index contributed by atoms with van der Waals surface area (Å²) in [5.41, 5.74) is 1.60. The average Bonchev–Trinajstić information content (AvgIpc) is 2.47. The molecule has 4 heteroatoms. The Morgan fingerprint density at radius 1 is 1.15 bits per heavy atom. The van der Waals surface area contributed by atoms with Crippen molar-refractivity contribution in [2.75, 3.05) is 13.7 Å². The molecule has 2 N–H and O–H groups in total. The SMILES string of the molecule is COc1ccccc1C1COc2cc(O)ccc2C1O. The van der Waals surface area contributed by atoms with Gasteiger partial charge in [-0.3, -0.25) is 0 Å². The van der Waals surface area contributed by atoms with Crippen molar-refractivity contribution in [1.29, 1.82) is 0 Å². The summed E-state index contributed by atoms with van der Waals surface area (Å²) in [6, 6.07) is 12.4. The number of aliphatic hydroxyl groups excluding tert-OH is 1. The van der Waals surface area contributed by atoms with Crippen LogP contribution in [0, 0.1) is 0 Å². The Morgan fingerprint density at radius 3 is 2.75 bits per heavy atom. The van der Waals surface area contributed by atoms with Gasteiger partial charge in [0.05, 0.1) is 25.7 Å². The van der Waals surface area contributed by atoms with Gasteiger partial charge in [0.2, 0.25) is 0 Å². The van der Waals surface area contributed by atoms with E-state index in [1.165, 1.54) is 6.07 Å². The number of rotatable bonds is 2. The van der Waals surface area contributed by atoms with Crippen LogP contribution in [0.1, 0.15) is 23.1 Å². The van der Waals surface area contributed by atoms with Gasteiger partial charge in [-0.1, -0.05) is 18.2 Å². The molecule has 1 aliphatic heterocycles. The number of fused-ring (bicyclic) bond motifs is 1. The zero-order valence-electron chi connectivity index (χ0n) is 11.1. The molecule has 20 heavy (non-hydrogen) atoms. The van der Waals surface area contributed by atoms with Gasteiger partial charge >= 0.3 is 0 Å². The van der Waals surface area contributed by atoms with Crippen LogP contribution in [0.15, 0.2) is 42.5 Å². The Hall–Kier alpha value is -2.20. The Balaban J connectivity index is 1.99. The van der Waals surface area contributed by atoms with Crippen LogP contribution < -0.4 is 9.47 Å². The molecule has 0 saturated heterocycles. The summed E-state index contributed by atoms with van der Waals surface area (Å²) in [6.07, 6.45) is -0.685. The molecule has 0 fully saturated rings. The van der Waals surface area contributed by atoms with E-state index in [2.05, 4.69) is 0 Å². The zero-order valence-corrected chi connectivity index (χ0v) is 11.1. The Kier molecular flexibility index (Phi) is 3.24. The highest BCUT2D eigenvalue weighted by Crippen LogP contribution is 2.43. The van der Waals surface area contributed by atoms with Crippen molar-refractivity contribution < 1.29 is 19.7 Å². The number of aromatic hydroxyl groups is 1. The van der Waals surface area contributed by atoms with E-state index in [-0.39, 0.29) is 11.7 Å². The number of para-hydroxylation sites is 1. The van der Waals surface area contributed by atoms with Crippen LogP contribution in [-0.2, 0) is 0 Å². The quantitative estimate of drug-likeness (QED) is 0.882. The monoisotopic (exact) mass is 272 g/mol. The first-order chi connectivity index (χ1) is 9.70. The highest BCUT2D eigenvalue weighted by molar-refractivity contribution is 5.46. The van der Waals surface area contributed by atoms with Gasteiger partial charge in [-0.25, -0.2) is 0 Å².